The van der Waals surface area contributed by atoms with E-state index in [0.717, 1.165) is 6.07 Å². The van der Waals surface area contributed by atoms with Gasteiger partial charge in [0.2, 0.25) is 0 Å². The zero-order valence-corrected chi connectivity index (χ0v) is 8.21. The maximum Gasteiger partial charge on any atom is 0.458 e. The molecule has 1 aromatic carbocycles. The second-order valence-electron chi connectivity index (χ2n) is 3.23. The number of alkyl halides is 5. The zero-order valence-electron chi connectivity index (χ0n) is 8.21. The summed E-state index contributed by atoms with van der Waals surface area (Å²) >= 11 is 0. The fraction of sp³-hybridized carbons (Fsp3) is 0.400. The molecule has 0 aliphatic rings. The molecule has 1 rings (SSSR count). The van der Waals surface area contributed by atoms with Crippen LogP contribution < -0.4 is 0 Å². The van der Waals surface area contributed by atoms with Crippen LogP contribution in [0.5, 0.6) is 0 Å². The quantitative estimate of drug-likeness (QED) is 0.686. The fourth-order valence-corrected chi connectivity index (χ4v) is 1.19. The minimum atomic E-state index is -5.72. The summed E-state index contributed by atoms with van der Waals surface area (Å²) in [5, 5.41) is 0. The highest BCUT2D eigenvalue weighted by Gasteiger charge is 2.58. The first-order valence-electron chi connectivity index (χ1n) is 4.43. The number of hydrogen-bond acceptors (Lipinski definition) is 0. The van der Waals surface area contributed by atoms with Gasteiger partial charge >= 0.3 is 12.1 Å². The molecular formula is C10H8F6. The Morgan fingerprint density at radius 1 is 1.06 bits per heavy atom. The first kappa shape index (κ1) is 12.9. The van der Waals surface area contributed by atoms with E-state index >= 15 is 0 Å². The molecule has 16 heavy (non-hydrogen) atoms. The number of halogens is 6. The van der Waals surface area contributed by atoms with Gasteiger partial charge in [0.25, 0.3) is 0 Å². The second-order valence-corrected chi connectivity index (χ2v) is 3.23. The Morgan fingerprint density at radius 2 is 1.62 bits per heavy atom. The van der Waals surface area contributed by atoms with Gasteiger partial charge in [0, 0.05) is 5.56 Å². The van der Waals surface area contributed by atoms with Gasteiger partial charge in [0.1, 0.15) is 5.82 Å². The van der Waals surface area contributed by atoms with Gasteiger partial charge in [-0.25, -0.2) is 4.39 Å². The molecule has 0 aromatic heterocycles. The first-order valence-corrected chi connectivity index (χ1v) is 4.43. The van der Waals surface area contributed by atoms with Crippen LogP contribution in [0.4, 0.5) is 26.3 Å². The molecule has 0 atom stereocenters. The van der Waals surface area contributed by atoms with E-state index in [4.69, 9.17) is 0 Å². The maximum atomic E-state index is 13.1. The third-order valence-electron chi connectivity index (χ3n) is 2.15. The predicted octanol–water partition coefficient (Wildman–Crippen LogP) is 4.04. The molecule has 0 aliphatic carbocycles. The van der Waals surface area contributed by atoms with Crippen molar-refractivity contribution < 1.29 is 26.3 Å². The zero-order chi connectivity index (χ0) is 12.6. The van der Waals surface area contributed by atoms with Gasteiger partial charge in [-0.3, -0.25) is 0 Å². The Balaban J connectivity index is 3.20. The van der Waals surface area contributed by atoms with Gasteiger partial charge in [-0.1, -0.05) is 19.1 Å². The normalized spacial score (nSPS) is 12.9. The van der Waals surface area contributed by atoms with Gasteiger partial charge in [-0.2, -0.15) is 22.0 Å². The Morgan fingerprint density at radius 3 is 2.00 bits per heavy atom. The van der Waals surface area contributed by atoms with Gasteiger partial charge < -0.3 is 0 Å². The maximum absolute atomic E-state index is 13.1. The molecule has 1 aromatic rings. The number of benzene rings is 1. The molecule has 0 nitrogen and oxygen atoms in total. The van der Waals surface area contributed by atoms with E-state index in [1.165, 1.54) is 0 Å². The molecular weight excluding hydrogens is 234 g/mol. The highest BCUT2D eigenvalue weighted by atomic mass is 19.4. The molecule has 0 fully saturated rings. The largest absolute Gasteiger partial charge is 0.458 e. The Kier molecular flexibility index (Phi) is 3.21. The van der Waals surface area contributed by atoms with Crippen LogP contribution in [0.15, 0.2) is 18.2 Å². The third kappa shape index (κ3) is 2.15. The van der Waals surface area contributed by atoms with Crippen LogP contribution in [-0.4, -0.2) is 6.18 Å². The minimum Gasteiger partial charge on any atom is -0.207 e. The molecule has 0 N–H and O–H groups in total. The van der Waals surface area contributed by atoms with Gasteiger partial charge in [0.05, 0.1) is 0 Å². The summed E-state index contributed by atoms with van der Waals surface area (Å²) < 4.78 is 74.5. The molecule has 90 valence electrons. The fourth-order valence-electron chi connectivity index (χ4n) is 1.19. The van der Waals surface area contributed by atoms with Crippen LogP contribution in [0.3, 0.4) is 0 Å². The predicted molar refractivity (Wildman–Crippen MR) is 45.7 cm³/mol. The smallest absolute Gasteiger partial charge is 0.207 e. The van der Waals surface area contributed by atoms with Crippen LogP contribution >= 0.6 is 0 Å². The Hall–Kier alpha value is -1.20. The summed E-state index contributed by atoms with van der Waals surface area (Å²) in [6.45, 7) is 1.57. The minimum absolute atomic E-state index is 0.0988. The first-order chi connectivity index (χ1) is 7.20. The topological polar surface area (TPSA) is 0 Å². The van der Waals surface area contributed by atoms with E-state index in [1.807, 2.05) is 0 Å². The van der Waals surface area contributed by atoms with Crippen LogP contribution in [0, 0.1) is 5.82 Å². The average molecular weight is 242 g/mol. The molecule has 0 aliphatic heterocycles. The van der Waals surface area contributed by atoms with Gasteiger partial charge in [0.15, 0.2) is 0 Å². The van der Waals surface area contributed by atoms with Crippen molar-refractivity contribution in [2.45, 2.75) is 25.4 Å². The van der Waals surface area contributed by atoms with Crippen molar-refractivity contribution in [3.8, 4) is 0 Å². The van der Waals surface area contributed by atoms with Crippen LogP contribution in [-0.2, 0) is 12.3 Å². The number of hydrogen-bond donors (Lipinski definition) is 0. The SMILES string of the molecule is CCc1ccc(C(F)(F)C(F)(F)F)cc1F. The van der Waals surface area contributed by atoms with Crippen molar-refractivity contribution in [2.75, 3.05) is 0 Å². The lowest BCUT2D eigenvalue weighted by molar-refractivity contribution is -0.289. The lowest BCUT2D eigenvalue weighted by Gasteiger charge is -2.20. The molecule has 0 spiro atoms. The molecule has 0 amide bonds. The third-order valence-corrected chi connectivity index (χ3v) is 2.15. The van der Waals surface area contributed by atoms with Crippen LogP contribution in [0.25, 0.3) is 0 Å². The van der Waals surface area contributed by atoms with Crippen LogP contribution in [0.1, 0.15) is 18.1 Å². The Bertz CT molecular complexity index is 379. The van der Waals surface area contributed by atoms with Crippen molar-refractivity contribution in [1.82, 2.24) is 0 Å². The van der Waals surface area contributed by atoms with Crippen molar-refractivity contribution in [3.05, 3.63) is 35.1 Å². The van der Waals surface area contributed by atoms with Gasteiger partial charge in [-0.05, 0) is 18.1 Å². The van der Waals surface area contributed by atoms with Crippen molar-refractivity contribution >= 4 is 0 Å². The lowest BCUT2D eigenvalue weighted by Crippen LogP contribution is -2.33. The van der Waals surface area contributed by atoms with E-state index in [9.17, 15) is 26.3 Å². The van der Waals surface area contributed by atoms with E-state index in [1.54, 1.807) is 6.92 Å². The molecule has 0 saturated carbocycles. The van der Waals surface area contributed by atoms with Crippen molar-refractivity contribution in [1.29, 1.82) is 0 Å². The molecule has 0 saturated heterocycles. The standard InChI is InChI=1S/C10H8F6/c1-2-6-3-4-7(5-8(6)11)9(12,13)10(14,15)16/h3-5H,2H2,1H3. The summed E-state index contributed by atoms with van der Waals surface area (Å²) in [5.41, 5.74) is -1.28. The molecule has 0 heterocycles. The Labute approximate surface area is 87.9 Å². The molecule has 0 bridgehead atoms. The van der Waals surface area contributed by atoms with Crippen LogP contribution in [0.2, 0.25) is 0 Å². The van der Waals surface area contributed by atoms with Crippen molar-refractivity contribution in [2.24, 2.45) is 0 Å². The average Bonchev–Trinajstić information content (AvgIpc) is 2.15. The number of rotatable bonds is 2. The molecule has 6 heteroatoms. The summed E-state index contributed by atoms with van der Waals surface area (Å²) in [7, 11) is 0. The van der Waals surface area contributed by atoms with Gasteiger partial charge in [-0.15, -0.1) is 0 Å². The second kappa shape index (κ2) is 3.99. The number of aryl methyl sites for hydroxylation is 1. The van der Waals surface area contributed by atoms with E-state index in [0.29, 0.717) is 6.07 Å². The lowest BCUT2D eigenvalue weighted by atomic mass is 10.0. The highest BCUT2D eigenvalue weighted by molar-refractivity contribution is 5.28. The van der Waals surface area contributed by atoms with Crippen molar-refractivity contribution in [3.63, 3.8) is 0 Å². The summed E-state index contributed by atoms with van der Waals surface area (Å²) in [5.74, 6) is -6.08. The monoisotopic (exact) mass is 242 g/mol. The van der Waals surface area contributed by atoms with E-state index in [2.05, 4.69) is 0 Å². The highest BCUT2D eigenvalue weighted by Crippen LogP contribution is 2.44. The molecule has 0 radical (unpaired) electrons. The molecule has 0 unspecified atom stereocenters. The van der Waals surface area contributed by atoms with E-state index < -0.39 is 23.5 Å². The summed E-state index contributed by atoms with van der Waals surface area (Å²) in [6.07, 6.45) is -5.49. The van der Waals surface area contributed by atoms with E-state index in [-0.39, 0.29) is 18.1 Å². The summed E-state index contributed by atoms with van der Waals surface area (Å²) in [4.78, 5) is 0. The summed E-state index contributed by atoms with van der Waals surface area (Å²) in [6, 6.07) is 1.76.